The fourth-order valence-electron chi connectivity index (χ4n) is 4.62. The molecule has 0 aliphatic heterocycles. The number of aliphatic hydroxyl groups is 2. The van der Waals surface area contributed by atoms with Crippen molar-refractivity contribution in [1.82, 2.24) is 0 Å². The number of benzene rings is 12. The third kappa shape index (κ3) is 611. The van der Waals surface area contributed by atoms with Gasteiger partial charge >= 0.3 is 0 Å². The molecule has 0 aliphatic carbocycles. The van der Waals surface area contributed by atoms with Crippen LogP contribution in [0.1, 0.15) is 222 Å². The van der Waals surface area contributed by atoms with Crippen molar-refractivity contribution in [2.75, 3.05) is 146 Å². The van der Waals surface area contributed by atoms with E-state index in [4.69, 9.17) is 10.2 Å². The maximum absolute atomic E-state index is 9.63. The second kappa shape index (κ2) is 287. The van der Waals surface area contributed by atoms with E-state index in [9.17, 15) is 25.3 Å². The first-order valence-corrected chi connectivity index (χ1v) is 63.6. The summed E-state index contributed by atoms with van der Waals surface area (Å²) in [5.41, 5.74) is 0. The Labute approximate surface area is 925 Å². The zero-order valence-corrected chi connectivity index (χ0v) is 109. The number of thioether (sulfide) groups is 2. The number of sulfone groups is 3. The van der Waals surface area contributed by atoms with Crippen LogP contribution in [0.5, 0.6) is 0 Å². The maximum Gasteiger partial charge on any atom is 0.144 e. The molecule has 146 heavy (non-hydrogen) atoms. The van der Waals surface area contributed by atoms with E-state index in [1.54, 1.807) is 80.4 Å². The number of methoxy groups -OCH3 is 4. The number of rotatable bonds is 0. The monoisotopic (exact) mass is 2160 g/mol. The Bertz CT molecular complexity index is 2580. The van der Waals surface area contributed by atoms with Crippen LogP contribution in [-0.2, 0) is 48.5 Å². The van der Waals surface area contributed by atoms with E-state index >= 15 is 0 Å². The van der Waals surface area contributed by atoms with Crippen molar-refractivity contribution >= 4 is 74.0 Å². The first kappa shape index (κ1) is 213. The molecule has 0 amide bonds. The van der Waals surface area contributed by atoms with Gasteiger partial charge in [-0.05, 0) is 37.5 Å². The summed E-state index contributed by atoms with van der Waals surface area (Å²) in [7, 11) is 6.33. The molecular formula is C128H240O12S6. The van der Waals surface area contributed by atoms with E-state index in [2.05, 4.69) is 30.7 Å². The van der Waals surface area contributed by atoms with Crippen molar-refractivity contribution in [2.45, 2.75) is 222 Å². The average Bonchev–Trinajstić information content (AvgIpc) is 1.26. The molecule has 12 rings (SSSR count). The smallest absolute Gasteiger partial charge is 0.144 e. The van der Waals surface area contributed by atoms with Gasteiger partial charge in [0.2, 0.25) is 0 Å². The van der Waals surface area contributed by atoms with Crippen molar-refractivity contribution in [3.63, 3.8) is 0 Å². The number of ether oxygens (including phenoxy) is 4. The first-order chi connectivity index (χ1) is 70.5. The van der Waals surface area contributed by atoms with E-state index in [1.165, 1.54) is 0 Å². The molecule has 2 N–H and O–H groups in total. The lowest BCUT2D eigenvalue weighted by Gasteiger charge is -1.87. The minimum absolute atomic E-state index is 0.667. The molecule has 0 radical (unpaired) electrons. The molecular weight excluding hydrogens is 1920 g/mol. The molecule has 0 unspecified atom stereocenters. The summed E-state index contributed by atoms with van der Waals surface area (Å²) < 4.78 is 74.8. The van der Waals surface area contributed by atoms with E-state index < -0.39 is 38.7 Å². The molecule has 860 valence electrons. The Kier molecular flexibility index (Phi) is 419. The minimum Gasteiger partial charge on any atom is -0.400 e. The average molecular weight is 2160 g/mol. The number of hydrogen-bond acceptors (Lipinski definition) is 14. The van der Waals surface area contributed by atoms with E-state index in [0.29, 0.717) is 0 Å². The van der Waals surface area contributed by atoms with Crippen LogP contribution >= 0.6 is 32.7 Å². The van der Waals surface area contributed by atoms with Crippen molar-refractivity contribution < 1.29 is 54.4 Å². The van der Waals surface area contributed by atoms with Gasteiger partial charge in [-0.25, -0.2) is 34.5 Å². The highest BCUT2D eigenvalue weighted by atomic mass is 32.2. The molecule has 0 bridgehead atoms. The molecule has 0 spiro atoms. The van der Waals surface area contributed by atoms with Gasteiger partial charge in [-0.1, -0.05) is 670 Å². The normalized spacial score (nSPS) is 7.01. The standard InChI is InChI=1S/12C6H6.C4H10S.3C2H6O2S.4C2H6O.2C2H6S.16C2H6.2CH4O/c12*1-2-4-6-5-3-1;4*1-5(2,3)4;6*1-3-2;18*1-2/h12*1-6H;1-2H2,3-4H3;3*1-2H3;6*1-2H3;16*1-2H3;2*2H,1H3. The highest BCUT2D eigenvalue weighted by molar-refractivity contribution is 8.26. The van der Waals surface area contributed by atoms with E-state index in [0.717, 1.165) is 51.8 Å². The molecule has 0 saturated heterocycles. The highest BCUT2D eigenvalue weighted by Gasteiger charge is 1.80. The molecule has 0 heterocycles. The molecule has 0 aliphatic rings. The minimum atomic E-state index is -2.67. The summed E-state index contributed by atoms with van der Waals surface area (Å²) in [4.78, 5) is 0. The Hall–Kier alpha value is -8.96. The Balaban J connectivity index is -0.0000000380. The zero-order chi connectivity index (χ0) is 121. The molecule has 0 saturated carbocycles. The predicted molar refractivity (Wildman–Crippen MR) is 702 cm³/mol. The molecule has 0 fully saturated rings. The van der Waals surface area contributed by atoms with Gasteiger partial charge < -0.3 is 29.2 Å². The van der Waals surface area contributed by atoms with Gasteiger partial charge in [0.15, 0.2) is 0 Å². The lowest BCUT2D eigenvalue weighted by molar-refractivity contribution is 0.277. The third-order valence-electron chi connectivity index (χ3n) is 8.00. The van der Waals surface area contributed by atoms with Gasteiger partial charge in [0.1, 0.15) is 29.5 Å². The second-order valence-electron chi connectivity index (χ2n) is 21.5. The Morgan fingerprint density at radius 2 is 0.144 bits per heavy atom. The summed E-state index contributed by atoms with van der Waals surface area (Å²) in [6, 6.07) is 144. The van der Waals surface area contributed by atoms with Gasteiger partial charge in [0, 0.05) is 109 Å². The maximum atomic E-state index is 9.63. The van der Waals surface area contributed by atoms with Crippen molar-refractivity contribution in [3.8, 4) is 0 Å². The summed E-state index contributed by atoms with van der Waals surface area (Å²) in [5.74, 6) is 7.49. The van der Waals surface area contributed by atoms with Crippen LogP contribution in [0, 0.1) is 0 Å². The molecule has 12 aromatic carbocycles. The molecule has 18 heteroatoms. The van der Waals surface area contributed by atoms with Gasteiger partial charge in [0.05, 0.1) is 0 Å². The van der Waals surface area contributed by atoms with Crippen LogP contribution in [0.15, 0.2) is 437 Å². The van der Waals surface area contributed by atoms with Crippen LogP contribution < -0.4 is 0 Å². The van der Waals surface area contributed by atoms with Crippen LogP contribution in [-0.4, -0.2) is 193 Å². The van der Waals surface area contributed by atoms with Gasteiger partial charge in [-0.3, -0.25) is 0 Å². The number of hydrogen-bond donors (Lipinski definition) is 2. The fraction of sp³-hybridized carbons (Fsp3) is 0.422. The third-order valence-corrected chi connectivity index (χ3v) is 8.00. The quantitative estimate of drug-likeness (QED) is 0.137. The van der Waals surface area contributed by atoms with E-state index in [1.807, 2.05) is 696 Å². The van der Waals surface area contributed by atoms with Gasteiger partial charge in [-0.2, -0.15) is 23.5 Å². The number of aliphatic hydroxyl groups excluding tert-OH is 2. The molecule has 0 aromatic heterocycles. The Morgan fingerprint density at radius 3 is 0.151 bits per heavy atom. The second-order valence-corrected chi connectivity index (χ2v) is 33.5. The zero-order valence-electron chi connectivity index (χ0n) is 104. The van der Waals surface area contributed by atoms with Crippen LogP contribution in [0.25, 0.3) is 0 Å². The van der Waals surface area contributed by atoms with Crippen LogP contribution in [0.4, 0.5) is 0 Å². The van der Waals surface area contributed by atoms with Gasteiger partial charge in [0.25, 0.3) is 0 Å². The summed E-state index contributed by atoms with van der Waals surface area (Å²) >= 11 is 3.50. The first-order valence-electron chi connectivity index (χ1n) is 50.6. The summed E-state index contributed by atoms with van der Waals surface area (Å²) in [6.45, 7) is 64.0. The van der Waals surface area contributed by atoms with Crippen LogP contribution in [0.3, 0.4) is 0 Å². The lowest BCUT2D eigenvalue weighted by Crippen LogP contribution is -1.86. The highest BCUT2D eigenvalue weighted by Crippen LogP contribution is 2.00. The predicted octanol–water partition coefficient (Wildman–Crippen LogP) is 38.8. The summed E-state index contributed by atoms with van der Waals surface area (Å²) in [6.07, 6.45) is 19.2. The Morgan fingerprint density at radius 1 is 0.137 bits per heavy atom. The van der Waals surface area contributed by atoms with Crippen molar-refractivity contribution in [2.24, 2.45) is 0 Å². The van der Waals surface area contributed by atoms with Crippen molar-refractivity contribution in [1.29, 1.82) is 0 Å². The SMILES string of the molecule is C=S(=C)(C)C.CC.CC.CC.CC.CC.CC.CC.CC.CC.CC.CC.CC.CC.CC.CC.CC.CO.CO.COC.COC.COC.COC.CS(C)(=O)=O.CS(C)(=O)=O.CS(C)(=O)=O.CSC.CSC.c1ccccc1.c1ccccc1.c1ccccc1.c1ccccc1.c1ccccc1.c1ccccc1.c1ccccc1.c1ccccc1.c1ccccc1.c1ccccc1.c1ccccc1.c1ccccc1. The van der Waals surface area contributed by atoms with E-state index in [-0.39, 0.29) is 0 Å². The van der Waals surface area contributed by atoms with Crippen molar-refractivity contribution in [3.05, 3.63) is 437 Å². The molecule has 12 nitrogen and oxygen atoms in total. The molecule has 0 atom stereocenters. The summed E-state index contributed by atoms with van der Waals surface area (Å²) in [5, 5.41) is 14.0. The topological polar surface area (TPSA) is 180 Å². The lowest BCUT2D eigenvalue weighted by atomic mass is 10.4. The largest absolute Gasteiger partial charge is 0.400 e. The van der Waals surface area contributed by atoms with Gasteiger partial charge in [-0.15, -0.1) is 0 Å². The molecule has 12 aromatic rings. The van der Waals surface area contributed by atoms with Crippen LogP contribution in [0.2, 0.25) is 0 Å². The fourth-order valence-corrected chi connectivity index (χ4v) is 4.62.